The van der Waals surface area contributed by atoms with Gasteiger partial charge in [-0.3, -0.25) is 5.01 Å². The van der Waals surface area contributed by atoms with Crippen molar-refractivity contribution in [3.05, 3.63) is 53.5 Å². The average Bonchev–Trinajstić information content (AvgIpc) is 2.86. The number of hydrogen-bond acceptors (Lipinski definition) is 5. The SMILES string of the molecule is COc1cc(OC(F)(F)F)ccc1C1=CC2=C(C)NNN2C=C1. The number of alkyl halides is 3. The third kappa shape index (κ3) is 3.11. The van der Waals surface area contributed by atoms with E-state index in [1.807, 2.05) is 25.3 Å². The van der Waals surface area contributed by atoms with E-state index in [0.29, 0.717) is 11.3 Å². The predicted octanol–water partition coefficient (Wildman–Crippen LogP) is 3.06. The van der Waals surface area contributed by atoms with E-state index in [0.717, 1.165) is 17.0 Å². The second kappa shape index (κ2) is 5.54. The number of nitrogens with zero attached hydrogens (tertiary/aromatic N) is 1. The number of ether oxygens (including phenoxy) is 2. The number of hydrazine groups is 2. The molecule has 0 radical (unpaired) electrons. The summed E-state index contributed by atoms with van der Waals surface area (Å²) in [5.41, 5.74) is 9.26. The number of fused-ring (bicyclic) bond motifs is 1. The van der Waals surface area contributed by atoms with Crippen LogP contribution < -0.4 is 20.4 Å². The predicted molar refractivity (Wildman–Crippen MR) is 77.6 cm³/mol. The second-order valence-corrected chi connectivity index (χ2v) is 4.94. The summed E-state index contributed by atoms with van der Waals surface area (Å²) in [7, 11) is 1.40. The lowest BCUT2D eigenvalue weighted by Gasteiger charge is -2.20. The van der Waals surface area contributed by atoms with Crippen molar-refractivity contribution in [1.82, 2.24) is 16.0 Å². The van der Waals surface area contributed by atoms with Crippen LogP contribution in [0.4, 0.5) is 13.2 Å². The molecule has 0 unspecified atom stereocenters. The zero-order chi connectivity index (χ0) is 16.6. The minimum absolute atomic E-state index is 0.299. The van der Waals surface area contributed by atoms with Crippen molar-refractivity contribution in [3.63, 3.8) is 0 Å². The van der Waals surface area contributed by atoms with Crippen molar-refractivity contribution < 1.29 is 22.6 Å². The summed E-state index contributed by atoms with van der Waals surface area (Å²) in [5, 5.41) is 1.80. The minimum Gasteiger partial charge on any atom is -0.496 e. The van der Waals surface area contributed by atoms with Gasteiger partial charge in [-0.25, -0.2) is 0 Å². The van der Waals surface area contributed by atoms with Crippen molar-refractivity contribution in [3.8, 4) is 11.5 Å². The first-order valence-corrected chi connectivity index (χ1v) is 6.73. The van der Waals surface area contributed by atoms with Crippen LogP contribution in [0.2, 0.25) is 0 Å². The van der Waals surface area contributed by atoms with Gasteiger partial charge in [-0.15, -0.1) is 18.7 Å². The van der Waals surface area contributed by atoms with Crippen LogP contribution in [-0.4, -0.2) is 18.5 Å². The molecule has 23 heavy (non-hydrogen) atoms. The van der Waals surface area contributed by atoms with Crippen LogP contribution in [0.15, 0.2) is 47.9 Å². The largest absolute Gasteiger partial charge is 0.573 e. The highest BCUT2D eigenvalue weighted by Crippen LogP contribution is 2.35. The van der Waals surface area contributed by atoms with E-state index < -0.39 is 6.36 Å². The van der Waals surface area contributed by atoms with E-state index in [4.69, 9.17) is 4.74 Å². The van der Waals surface area contributed by atoms with Crippen molar-refractivity contribution in [2.24, 2.45) is 0 Å². The van der Waals surface area contributed by atoms with Gasteiger partial charge in [-0.2, -0.15) is 0 Å². The average molecular weight is 325 g/mol. The molecule has 0 atom stereocenters. The van der Waals surface area contributed by atoms with Gasteiger partial charge in [-0.1, -0.05) is 0 Å². The number of rotatable bonds is 3. The summed E-state index contributed by atoms with van der Waals surface area (Å²) in [6.45, 7) is 1.91. The van der Waals surface area contributed by atoms with Gasteiger partial charge < -0.3 is 14.9 Å². The number of allylic oxidation sites excluding steroid dienone is 4. The molecular formula is C15H14F3N3O2. The molecular weight excluding hydrogens is 311 g/mol. The van der Waals surface area contributed by atoms with E-state index in [-0.39, 0.29) is 5.75 Å². The van der Waals surface area contributed by atoms with Crippen molar-refractivity contribution >= 4 is 5.57 Å². The van der Waals surface area contributed by atoms with Crippen molar-refractivity contribution in [1.29, 1.82) is 0 Å². The highest BCUT2D eigenvalue weighted by atomic mass is 19.4. The van der Waals surface area contributed by atoms with Gasteiger partial charge in [0, 0.05) is 17.8 Å². The monoisotopic (exact) mass is 325 g/mol. The number of benzene rings is 1. The Hall–Kier alpha value is -2.61. The molecule has 2 N–H and O–H groups in total. The summed E-state index contributed by atoms with van der Waals surface area (Å²) >= 11 is 0. The fourth-order valence-electron chi connectivity index (χ4n) is 2.37. The minimum atomic E-state index is -4.74. The lowest BCUT2D eigenvalue weighted by molar-refractivity contribution is -0.274. The lowest BCUT2D eigenvalue weighted by atomic mass is 10.0. The Labute approximate surface area is 130 Å². The molecule has 3 rings (SSSR count). The van der Waals surface area contributed by atoms with Gasteiger partial charge in [0.25, 0.3) is 0 Å². The molecule has 8 heteroatoms. The van der Waals surface area contributed by atoms with Crippen LogP contribution in [0, 0.1) is 0 Å². The molecule has 122 valence electrons. The summed E-state index contributed by atoms with van der Waals surface area (Å²) in [5.74, 6) is -0.0204. The molecule has 0 saturated carbocycles. The van der Waals surface area contributed by atoms with Crippen LogP contribution in [0.5, 0.6) is 11.5 Å². The van der Waals surface area contributed by atoms with E-state index in [1.165, 1.54) is 25.3 Å². The Morgan fingerprint density at radius 3 is 2.70 bits per heavy atom. The highest BCUT2D eigenvalue weighted by molar-refractivity contribution is 5.81. The fourth-order valence-corrected chi connectivity index (χ4v) is 2.37. The van der Waals surface area contributed by atoms with Crippen LogP contribution in [-0.2, 0) is 0 Å². The van der Waals surface area contributed by atoms with Crippen molar-refractivity contribution in [2.75, 3.05) is 7.11 Å². The quantitative estimate of drug-likeness (QED) is 0.894. The first-order valence-electron chi connectivity index (χ1n) is 6.73. The molecule has 0 aromatic heterocycles. The van der Waals surface area contributed by atoms with Gasteiger partial charge in [0.2, 0.25) is 0 Å². The number of hydrogen-bond donors (Lipinski definition) is 2. The molecule has 5 nitrogen and oxygen atoms in total. The maximum atomic E-state index is 12.3. The maximum absolute atomic E-state index is 12.3. The molecule has 0 saturated heterocycles. The van der Waals surface area contributed by atoms with Gasteiger partial charge in [0.1, 0.15) is 11.5 Å². The molecule has 0 bridgehead atoms. The molecule has 0 spiro atoms. The number of nitrogens with one attached hydrogen (secondary N) is 2. The Morgan fingerprint density at radius 1 is 1.22 bits per heavy atom. The summed E-state index contributed by atoms with van der Waals surface area (Å²) in [6, 6.07) is 4.02. The maximum Gasteiger partial charge on any atom is 0.573 e. The molecule has 2 aliphatic rings. The topological polar surface area (TPSA) is 45.8 Å². The van der Waals surface area contributed by atoms with Crippen LogP contribution >= 0.6 is 0 Å². The first-order chi connectivity index (χ1) is 10.9. The first kappa shape index (κ1) is 15.3. The molecule has 1 aromatic rings. The molecule has 0 amide bonds. The third-order valence-electron chi connectivity index (χ3n) is 3.42. The van der Waals surface area contributed by atoms with E-state index in [9.17, 15) is 13.2 Å². The van der Waals surface area contributed by atoms with Crippen LogP contribution in [0.1, 0.15) is 12.5 Å². The van der Waals surface area contributed by atoms with Gasteiger partial charge in [-0.05, 0) is 36.8 Å². The highest BCUT2D eigenvalue weighted by Gasteiger charge is 2.31. The lowest BCUT2D eigenvalue weighted by Crippen LogP contribution is -2.34. The fraction of sp³-hybridized carbons (Fsp3) is 0.200. The third-order valence-corrected chi connectivity index (χ3v) is 3.42. The van der Waals surface area contributed by atoms with Gasteiger partial charge >= 0.3 is 6.36 Å². The van der Waals surface area contributed by atoms with Gasteiger partial charge in [0.15, 0.2) is 0 Å². The van der Waals surface area contributed by atoms with E-state index in [1.54, 1.807) is 5.01 Å². The van der Waals surface area contributed by atoms with Crippen LogP contribution in [0.25, 0.3) is 5.57 Å². The molecule has 0 aliphatic carbocycles. The van der Waals surface area contributed by atoms with Crippen LogP contribution in [0.3, 0.4) is 0 Å². The Bertz CT molecular complexity index is 723. The van der Waals surface area contributed by atoms with Crippen molar-refractivity contribution in [2.45, 2.75) is 13.3 Å². The van der Waals surface area contributed by atoms with E-state index >= 15 is 0 Å². The molecule has 1 aromatic carbocycles. The Morgan fingerprint density at radius 2 is 2.00 bits per heavy atom. The molecule has 2 heterocycles. The normalized spacial score (nSPS) is 16.9. The second-order valence-electron chi connectivity index (χ2n) is 4.94. The summed E-state index contributed by atoms with van der Waals surface area (Å²) < 4.78 is 46.1. The Kier molecular flexibility index (Phi) is 3.69. The zero-order valence-electron chi connectivity index (χ0n) is 12.4. The summed E-state index contributed by atoms with van der Waals surface area (Å²) in [4.78, 5) is 0. The molecule has 0 fully saturated rings. The summed E-state index contributed by atoms with van der Waals surface area (Å²) in [6.07, 6.45) is 0.817. The smallest absolute Gasteiger partial charge is 0.496 e. The molecule has 2 aliphatic heterocycles. The number of methoxy groups -OCH3 is 1. The standard InChI is InChI=1S/C15H14F3N3O2/c1-9-13-7-10(5-6-21(13)20-19-9)12-4-3-11(8-14(12)22-2)23-15(16,17)18/h3-8,19-20H,1-2H3. The zero-order valence-corrected chi connectivity index (χ0v) is 12.4. The van der Waals surface area contributed by atoms with Gasteiger partial charge in [0.05, 0.1) is 18.5 Å². The Balaban J connectivity index is 1.96. The number of halogens is 3. The van der Waals surface area contributed by atoms with E-state index in [2.05, 4.69) is 15.7 Å².